The number of hydrogen-bond acceptors (Lipinski definition) is 4. The fourth-order valence-corrected chi connectivity index (χ4v) is 2.50. The van der Waals surface area contributed by atoms with Crippen molar-refractivity contribution in [2.24, 2.45) is 0 Å². The summed E-state index contributed by atoms with van der Waals surface area (Å²) >= 11 is 0. The number of halogens is 1. The fraction of sp³-hybridized carbons (Fsp3) is 0.263. The molecule has 138 valence electrons. The van der Waals surface area contributed by atoms with Crippen molar-refractivity contribution in [3.05, 3.63) is 59.4 Å². The van der Waals surface area contributed by atoms with Gasteiger partial charge < -0.3 is 19.5 Å². The van der Waals surface area contributed by atoms with Crippen molar-refractivity contribution in [1.82, 2.24) is 4.90 Å². The number of rotatable bonds is 8. The summed E-state index contributed by atoms with van der Waals surface area (Å²) in [4.78, 5) is 25.0. The van der Waals surface area contributed by atoms with E-state index in [1.807, 2.05) is 0 Å². The highest BCUT2D eigenvalue weighted by Gasteiger charge is 2.19. The summed E-state index contributed by atoms with van der Waals surface area (Å²) in [7, 11) is 3.00. The van der Waals surface area contributed by atoms with Gasteiger partial charge in [-0.25, -0.2) is 4.39 Å². The zero-order valence-electron chi connectivity index (χ0n) is 14.6. The van der Waals surface area contributed by atoms with E-state index in [2.05, 4.69) is 0 Å². The Balaban J connectivity index is 2.21. The first-order chi connectivity index (χ1) is 12.4. The first-order valence-corrected chi connectivity index (χ1v) is 7.88. The summed E-state index contributed by atoms with van der Waals surface area (Å²) in [6, 6.07) is 10.6. The Morgan fingerprint density at radius 3 is 2.35 bits per heavy atom. The molecule has 0 radical (unpaired) electrons. The molecule has 2 aromatic rings. The van der Waals surface area contributed by atoms with E-state index in [0.717, 1.165) is 0 Å². The molecule has 0 aliphatic rings. The molecule has 0 unspecified atom stereocenters. The van der Waals surface area contributed by atoms with Gasteiger partial charge in [-0.15, -0.1) is 0 Å². The molecule has 0 aromatic heterocycles. The van der Waals surface area contributed by atoms with Crippen LogP contribution in [0.3, 0.4) is 0 Å². The maximum atomic E-state index is 13.0. The van der Waals surface area contributed by atoms with E-state index in [1.165, 1.54) is 43.4 Å². The summed E-state index contributed by atoms with van der Waals surface area (Å²) in [5.74, 6) is -0.833. The van der Waals surface area contributed by atoms with E-state index >= 15 is 0 Å². The molecule has 26 heavy (non-hydrogen) atoms. The van der Waals surface area contributed by atoms with Gasteiger partial charge in [-0.05, 0) is 35.9 Å². The smallest absolute Gasteiger partial charge is 0.323 e. The van der Waals surface area contributed by atoms with Crippen LogP contribution in [0.2, 0.25) is 0 Å². The summed E-state index contributed by atoms with van der Waals surface area (Å²) in [6.07, 6.45) is -0.0468. The molecule has 1 N–H and O–H groups in total. The maximum absolute atomic E-state index is 13.0. The molecule has 0 saturated heterocycles. The largest absolute Gasteiger partial charge is 0.497 e. The van der Waals surface area contributed by atoms with Gasteiger partial charge in [0.15, 0.2) is 0 Å². The van der Waals surface area contributed by atoms with Crippen LogP contribution in [0.15, 0.2) is 42.5 Å². The van der Waals surface area contributed by atoms with E-state index in [1.54, 1.807) is 18.2 Å². The highest BCUT2D eigenvalue weighted by Crippen LogP contribution is 2.25. The van der Waals surface area contributed by atoms with Gasteiger partial charge in [-0.2, -0.15) is 0 Å². The standard InChI is InChI=1S/C19H20FNO5/c1-25-16-7-8-17(26-2)14(9-16)10-18(22)21(12-19(23)24)11-13-3-5-15(20)6-4-13/h3-9H,10-12H2,1-2H3,(H,23,24). The zero-order chi connectivity index (χ0) is 19.1. The predicted octanol–water partition coefficient (Wildman–Crippen LogP) is 2.50. The number of benzene rings is 2. The topological polar surface area (TPSA) is 76.1 Å². The van der Waals surface area contributed by atoms with Crippen molar-refractivity contribution in [3.63, 3.8) is 0 Å². The Kier molecular flexibility index (Phi) is 6.54. The van der Waals surface area contributed by atoms with Crippen molar-refractivity contribution in [2.45, 2.75) is 13.0 Å². The van der Waals surface area contributed by atoms with Crippen molar-refractivity contribution in [2.75, 3.05) is 20.8 Å². The van der Waals surface area contributed by atoms with Crippen LogP contribution in [-0.2, 0) is 22.6 Å². The zero-order valence-corrected chi connectivity index (χ0v) is 14.6. The van der Waals surface area contributed by atoms with Crippen LogP contribution in [0, 0.1) is 5.82 Å². The van der Waals surface area contributed by atoms with Crippen molar-refractivity contribution in [3.8, 4) is 11.5 Å². The molecule has 0 fully saturated rings. The van der Waals surface area contributed by atoms with Gasteiger partial charge in [0.25, 0.3) is 0 Å². The van der Waals surface area contributed by atoms with E-state index in [-0.39, 0.29) is 18.9 Å². The molecule has 0 spiro atoms. The lowest BCUT2D eigenvalue weighted by Crippen LogP contribution is -2.36. The van der Waals surface area contributed by atoms with E-state index in [4.69, 9.17) is 14.6 Å². The number of aliphatic carboxylic acids is 1. The number of carboxylic acid groups (broad SMARTS) is 1. The number of carbonyl (C=O) groups excluding carboxylic acids is 1. The lowest BCUT2D eigenvalue weighted by molar-refractivity contribution is -0.144. The van der Waals surface area contributed by atoms with Gasteiger partial charge >= 0.3 is 5.97 Å². The Morgan fingerprint density at radius 1 is 1.08 bits per heavy atom. The minimum absolute atomic E-state index is 0.0468. The Labute approximate surface area is 150 Å². The molecular weight excluding hydrogens is 341 g/mol. The van der Waals surface area contributed by atoms with Crippen LogP contribution in [-0.4, -0.2) is 42.6 Å². The van der Waals surface area contributed by atoms with Crippen LogP contribution in [0.5, 0.6) is 11.5 Å². The number of amides is 1. The van der Waals surface area contributed by atoms with Gasteiger partial charge in [0.05, 0.1) is 20.6 Å². The van der Waals surface area contributed by atoms with Gasteiger partial charge in [0.1, 0.15) is 23.9 Å². The molecule has 0 atom stereocenters. The summed E-state index contributed by atoms with van der Waals surface area (Å²) in [5, 5.41) is 9.11. The lowest BCUT2D eigenvalue weighted by Gasteiger charge is -2.21. The van der Waals surface area contributed by atoms with Gasteiger partial charge in [-0.3, -0.25) is 9.59 Å². The third-order valence-electron chi connectivity index (χ3n) is 3.79. The van der Waals surface area contributed by atoms with Crippen LogP contribution < -0.4 is 9.47 Å². The molecule has 2 aromatic carbocycles. The number of ether oxygens (including phenoxy) is 2. The SMILES string of the molecule is COc1ccc(OC)c(CC(=O)N(CC(=O)O)Cc2ccc(F)cc2)c1. The third kappa shape index (κ3) is 5.20. The summed E-state index contributed by atoms with van der Waals surface area (Å²) in [5.41, 5.74) is 1.23. The maximum Gasteiger partial charge on any atom is 0.323 e. The lowest BCUT2D eigenvalue weighted by atomic mass is 10.1. The first kappa shape index (κ1) is 19.2. The molecule has 6 nitrogen and oxygen atoms in total. The van der Waals surface area contributed by atoms with Crippen LogP contribution in [0.4, 0.5) is 4.39 Å². The minimum Gasteiger partial charge on any atom is -0.497 e. The molecule has 7 heteroatoms. The molecule has 0 bridgehead atoms. The molecule has 0 aliphatic heterocycles. The van der Waals surface area contributed by atoms with Gasteiger partial charge in [-0.1, -0.05) is 12.1 Å². The minimum atomic E-state index is -1.13. The van der Waals surface area contributed by atoms with E-state index in [9.17, 15) is 14.0 Å². The summed E-state index contributed by atoms with van der Waals surface area (Å²) in [6.45, 7) is -0.389. The normalized spacial score (nSPS) is 10.3. The average molecular weight is 361 g/mol. The molecule has 2 rings (SSSR count). The monoisotopic (exact) mass is 361 g/mol. The number of carboxylic acids is 1. The average Bonchev–Trinajstić information content (AvgIpc) is 2.62. The number of carbonyl (C=O) groups is 2. The third-order valence-corrected chi connectivity index (χ3v) is 3.79. The van der Waals surface area contributed by atoms with Gasteiger partial charge in [0, 0.05) is 12.1 Å². The molecule has 0 heterocycles. The highest BCUT2D eigenvalue weighted by atomic mass is 19.1. The molecule has 1 amide bonds. The Hall–Kier alpha value is -3.09. The second-order valence-electron chi connectivity index (χ2n) is 5.62. The number of hydrogen-bond donors (Lipinski definition) is 1. The highest BCUT2D eigenvalue weighted by molar-refractivity contribution is 5.83. The predicted molar refractivity (Wildman–Crippen MR) is 92.7 cm³/mol. The summed E-state index contributed by atoms with van der Waals surface area (Å²) < 4.78 is 23.4. The van der Waals surface area contributed by atoms with Crippen LogP contribution >= 0.6 is 0 Å². The number of methoxy groups -OCH3 is 2. The Bertz CT molecular complexity index is 776. The number of nitrogens with zero attached hydrogens (tertiary/aromatic N) is 1. The molecule has 0 saturated carbocycles. The van der Waals surface area contributed by atoms with Gasteiger partial charge in [0.2, 0.25) is 5.91 Å². The quantitative estimate of drug-likeness (QED) is 0.782. The second kappa shape index (κ2) is 8.84. The van der Waals surface area contributed by atoms with Crippen molar-refractivity contribution < 1.29 is 28.6 Å². The first-order valence-electron chi connectivity index (χ1n) is 7.88. The fourth-order valence-electron chi connectivity index (χ4n) is 2.50. The second-order valence-corrected chi connectivity index (χ2v) is 5.62. The van der Waals surface area contributed by atoms with E-state index < -0.39 is 18.3 Å². The molecular formula is C19H20FNO5. The van der Waals surface area contributed by atoms with Crippen LogP contribution in [0.1, 0.15) is 11.1 Å². The van der Waals surface area contributed by atoms with E-state index in [0.29, 0.717) is 22.6 Å². The van der Waals surface area contributed by atoms with Crippen molar-refractivity contribution in [1.29, 1.82) is 0 Å². The van der Waals surface area contributed by atoms with Crippen LogP contribution in [0.25, 0.3) is 0 Å². The molecule has 0 aliphatic carbocycles. The van der Waals surface area contributed by atoms with Crippen molar-refractivity contribution >= 4 is 11.9 Å². The Morgan fingerprint density at radius 2 is 1.77 bits per heavy atom.